The van der Waals surface area contributed by atoms with Crippen LogP contribution in [0.25, 0.3) is 0 Å². The molecule has 2 aliphatic heterocycles. The molecule has 2 heterocycles. The minimum Gasteiger partial charge on any atom is -0.399 e. The molecule has 8 heteroatoms. The molecule has 25 heavy (non-hydrogen) atoms. The van der Waals surface area contributed by atoms with Crippen LogP contribution in [0.1, 0.15) is 38.1 Å². The first-order chi connectivity index (χ1) is 11.6. The van der Waals surface area contributed by atoms with Gasteiger partial charge in [-0.15, -0.1) is 0 Å². The molecular weight excluding hydrogens is 326 g/mol. The maximum atomic E-state index is 14.6. The highest BCUT2D eigenvalue weighted by Gasteiger charge is 2.52. The van der Waals surface area contributed by atoms with Gasteiger partial charge in [-0.1, -0.05) is 6.07 Å². The summed E-state index contributed by atoms with van der Waals surface area (Å²) in [6.45, 7) is 8.37. The van der Waals surface area contributed by atoms with Crippen LogP contribution < -0.4 is 10.8 Å². The van der Waals surface area contributed by atoms with Crippen molar-refractivity contribution >= 4 is 24.4 Å². The Balaban J connectivity index is 1.80. The Labute approximate surface area is 146 Å². The van der Waals surface area contributed by atoms with Crippen molar-refractivity contribution in [2.75, 3.05) is 19.6 Å². The van der Waals surface area contributed by atoms with Crippen LogP contribution in [0.2, 0.25) is 0 Å². The first-order valence-corrected chi connectivity index (χ1v) is 8.32. The lowest BCUT2D eigenvalue weighted by Crippen LogP contribution is -2.50. The van der Waals surface area contributed by atoms with E-state index in [1.807, 2.05) is 27.7 Å². The smallest absolute Gasteiger partial charge is 0.399 e. The third-order valence-electron chi connectivity index (χ3n) is 5.08. The summed E-state index contributed by atoms with van der Waals surface area (Å²) < 4.78 is 26.3. The molecule has 134 valence electrons. The van der Waals surface area contributed by atoms with Crippen LogP contribution in [-0.2, 0) is 14.1 Å². The van der Waals surface area contributed by atoms with E-state index in [2.05, 4.69) is 5.32 Å². The van der Waals surface area contributed by atoms with Crippen molar-refractivity contribution in [1.82, 2.24) is 10.2 Å². The molecule has 1 aromatic carbocycles. The summed E-state index contributed by atoms with van der Waals surface area (Å²) in [7, 11) is -0.824. The van der Waals surface area contributed by atoms with E-state index in [4.69, 9.17) is 9.31 Å². The standard InChI is InChI=1S/C17H22BFN2O4/c1-16(2)17(3,4)25-18(24-16)12-6-5-11(9-13(12)19)15(23)21-8-7-20-14(22)10-21/h5-6,9H,7-8,10H2,1-4H3,(H,20,22). The lowest BCUT2D eigenvalue weighted by atomic mass is 9.78. The fourth-order valence-electron chi connectivity index (χ4n) is 2.82. The number of nitrogens with zero attached hydrogens (tertiary/aromatic N) is 1. The Morgan fingerprint density at radius 1 is 1.24 bits per heavy atom. The van der Waals surface area contributed by atoms with Gasteiger partial charge in [0.15, 0.2) is 0 Å². The van der Waals surface area contributed by atoms with Gasteiger partial charge < -0.3 is 19.5 Å². The van der Waals surface area contributed by atoms with Crippen molar-refractivity contribution in [1.29, 1.82) is 0 Å². The molecule has 0 aliphatic carbocycles. The van der Waals surface area contributed by atoms with Gasteiger partial charge in [0.1, 0.15) is 5.82 Å². The van der Waals surface area contributed by atoms with Crippen LogP contribution in [-0.4, -0.2) is 54.7 Å². The minimum absolute atomic E-state index is 0.0145. The molecule has 1 N–H and O–H groups in total. The van der Waals surface area contributed by atoms with Gasteiger partial charge in [0.25, 0.3) is 5.91 Å². The highest BCUT2D eigenvalue weighted by Crippen LogP contribution is 2.36. The second kappa shape index (κ2) is 6.11. The van der Waals surface area contributed by atoms with E-state index in [9.17, 15) is 14.0 Å². The molecule has 2 saturated heterocycles. The predicted molar refractivity (Wildman–Crippen MR) is 91.0 cm³/mol. The number of rotatable bonds is 2. The zero-order valence-corrected chi connectivity index (χ0v) is 14.9. The molecule has 2 fully saturated rings. The Hall–Kier alpha value is -1.93. The normalized spacial score (nSPS) is 22.0. The maximum Gasteiger partial charge on any atom is 0.497 e. The topological polar surface area (TPSA) is 67.9 Å². The molecule has 6 nitrogen and oxygen atoms in total. The van der Waals surface area contributed by atoms with Gasteiger partial charge in [0.2, 0.25) is 5.91 Å². The quantitative estimate of drug-likeness (QED) is 0.799. The van der Waals surface area contributed by atoms with E-state index in [0.717, 1.165) is 0 Å². The van der Waals surface area contributed by atoms with Gasteiger partial charge in [-0.25, -0.2) is 4.39 Å². The number of amides is 2. The number of hydrogen-bond acceptors (Lipinski definition) is 4. The first-order valence-electron chi connectivity index (χ1n) is 8.32. The van der Waals surface area contributed by atoms with Gasteiger partial charge in [-0.05, 0) is 39.8 Å². The van der Waals surface area contributed by atoms with Crippen LogP contribution in [0.4, 0.5) is 4.39 Å². The molecule has 1 aromatic rings. The summed E-state index contributed by atoms with van der Waals surface area (Å²) in [6, 6.07) is 4.22. The second-order valence-electron chi connectivity index (χ2n) is 7.40. The van der Waals surface area contributed by atoms with E-state index < -0.39 is 24.1 Å². The van der Waals surface area contributed by atoms with Gasteiger partial charge >= 0.3 is 7.12 Å². The second-order valence-corrected chi connectivity index (χ2v) is 7.40. The van der Waals surface area contributed by atoms with Gasteiger partial charge in [-0.2, -0.15) is 0 Å². The van der Waals surface area contributed by atoms with Crippen molar-refractivity contribution in [2.24, 2.45) is 0 Å². The number of carbonyl (C=O) groups is 2. The average Bonchev–Trinajstić information content (AvgIpc) is 2.74. The van der Waals surface area contributed by atoms with Crippen molar-refractivity contribution in [3.05, 3.63) is 29.6 Å². The number of carbonyl (C=O) groups excluding carboxylic acids is 2. The fourth-order valence-corrected chi connectivity index (χ4v) is 2.82. The summed E-state index contributed by atoms with van der Waals surface area (Å²) in [5.41, 5.74) is -0.682. The lowest BCUT2D eigenvalue weighted by molar-refractivity contribution is -0.123. The molecule has 0 unspecified atom stereocenters. The number of nitrogens with one attached hydrogen (secondary N) is 1. The Kier molecular flexibility index (Phi) is 4.37. The SMILES string of the molecule is CC1(C)OB(c2ccc(C(=O)N3CCNC(=O)C3)cc2F)OC1(C)C. The van der Waals surface area contributed by atoms with Crippen LogP contribution in [0.15, 0.2) is 18.2 Å². The first kappa shape index (κ1) is 17.9. The number of benzene rings is 1. The summed E-state index contributed by atoms with van der Waals surface area (Å²) in [5.74, 6) is -1.14. The molecule has 0 aromatic heterocycles. The highest BCUT2D eigenvalue weighted by atomic mass is 19.1. The van der Waals surface area contributed by atoms with E-state index >= 15 is 0 Å². The van der Waals surface area contributed by atoms with E-state index in [1.165, 1.54) is 23.1 Å². The van der Waals surface area contributed by atoms with E-state index in [0.29, 0.717) is 13.1 Å². The fraction of sp³-hybridized carbons (Fsp3) is 0.529. The summed E-state index contributed by atoms with van der Waals surface area (Å²) in [6.07, 6.45) is 0. The van der Waals surface area contributed by atoms with Crippen LogP contribution >= 0.6 is 0 Å². The monoisotopic (exact) mass is 348 g/mol. The van der Waals surface area contributed by atoms with Crippen LogP contribution in [0.3, 0.4) is 0 Å². The summed E-state index contributed by atoms with van der Waals surface area (Å²) in [5, 5.41) is 2.65. The van der Waals surface area contributed by atoms with Crippen LogP contribution in [0, 0.1) is 5.82 Å². The van der Waals surface area contributed by atoms with E-state index in [-0.39, 0.29) is 29.4 Å². The Bertz CT molecular complexity index is 707. The molecule has 0 bridgehead atoms. The summed E-state index contributed by atoms with van der Waals surface area (Å²) >= 11 is 0. The lowest BCUT2D eigenvalue weighted by Gasteiger charge is -2.32. The maximum absolute atomic E-state index is 14.6. The Morgan fingerprint density at radius 3 is 2.44 bits per heavy atom. The molecule has 2 aliphatic rings. The zero-order chi connectivity index (χ0) is 18.4. The van der Waals surface area contributed by atoms with Crippen molar-refractivity contribution in [3.63, 3.8) is 0 Å². The number of piperazine rings is 1. The zero-order valence-electron chi connectivity index (χ0n) is 14.9. The molecule has 0 radical (unpaired) electrons. The highest BCUT2D eigenvalue weighted by molar-refractivity contribution is 6.62. The van der Waals surface area contributed by atoms with E-state index in [1.54, 1.807) is 0 Å². The van der Waals surface area contributed by atoms with Gasteiger partial charge in [0.05, 0.1) is 17.7 Å². The van der Waals surface area contributed by atoms with Crippen molar-refractivity contribution < 1.29 is 23.3 Å². The van der Waals surface area contributed by atoms with Crippen molar-refractivity contribution in [3.8, 4) is 0 Å². The molecule has 0 spiro atoms. The number of hydrogen-bond donors (Lipinski definition) is 1. The average molecular weight is 348 g/mol. The van der Waals surface area contributed by atoms with Crippen LogP contribution in [0.5, 0.6) is 0 Å². The predicted octanol–water partition coefficient (Wildman–Crippen LogP) is 0.697. The number of halogens is 1. The molecule has 3 rings (SSSR count). The molecule has 0 saturated carbocycles. The largest absolute Gasteiger partial charge is 0.497 e. The van der Waals surface area contributed by atoms with Gasteiger partial charge in [-0.3, -0.25) is 9.59 Å². The minimum atomic E-state index is -0.824. The molecule has 0 atom stereocenters. The molecular formula is C17H22BFN2O4. The molecule has 2 amide bonds. The third-order valence-corrected chi connectivity index (χ3v) is 5.08. The van der Waals surface area contributed by atoms with Crippen molar-refractivity contribution in [2.45, 2.75) is 38.9 Å². The summed E-state index contributed by atoms with van der Waals surface area (Å²) in [4.78, 5) is 25.3. The Morgan fingerprint density at radius 2 is 1.88 bits per heavy atom. The third kappa shape index (κ3) is 3.28. The van der Waals surface area contributed by atoms with Gasteiger partial charge in [0, 0.05) is 24.1 Å².